The molecule has 2 atom stereocenters. The molecule has 0 heterocycles. The number of carboxylic acids is 1. The Morgan fingerprint density at radius 2 is 1.80 bits per heavy atom. The normalized spacial score (nSPS) is 15.2. The molecule has 1 aromatic rings. The Hall–Kier alpha value is -1.92. The lowest BCUT2D eigenvalue weighted by molar-refractivity contribution is -0.189. The van der Waals surface area contributed by atoms with Crippen LogP contribution in [0.3, 0.4) is 0 Å². The van der Waals surface area contributed by atoms with Crippen LogP contribution in [-0.2, 0) is 29.4 Å². The molecular formula is C14H18O6. The van der Waals surface area contributed by atoms with E-state index < -0.39 is 30.1 Å². The van der Waals surface area contributed by atoms with Crippen LogP contribution in [0.4, 0.5) is 0 Å². The van der Waals surface area contributed by atoms with Crippen molar-refractivity contribution in [1.29, 1.82) is 0 Å². The Morgan fingerprint density at radius 3 is 2.20 bits per heavy atom. The van der Waals surface area contributed by atoms with Gasteiger partial charge in [0.2, 0.25) is 5.60 Å². The molecule has 0 aliphatic rings. The largest absolute Gasteiger partial charge is 0.481 e. The number of carbonyl (C=O) groups is 2. The molecule has 0 spiro atoms. The van der Waals surface area contributed by atoms with Crippen LogP contribution in [0.5, 0.6) is 0 Å². The van der Waals surface area contributed by atoms with Gasteiger partial charge in [0.1, 0.15) is 6.10 Å². The number of carboxylic acid groups (broad SMARTS) is 1. The Balaban J connectivity index is 3.38. The van der Waals surface area contributed by atoms with Crippen molar-refractivity contribution in [2.75, 3.05) is 21.3 Å². The van der Waals surface area contributed by atoms with Gasteiger partial charge in [-0.05, 0) is 5.56 Å². The number of esters is 1. The van der Waals surface area contributed by atoms with Gasteiger partial charge in [0.25, 0.3) is 0 Å². The van der Waals surface area contributed by atoms with Crippen molar-refractivity contribution in [3.8, 4) is 0 Å². The van der Waals surface area contributed by atoms with Crippen molar-refractivity contribution in [3.63, 3.8) is 0 Å². The number of methoxy groups -OCH3 is 3. The molecule has 6 nitrogen and oxygen atoms in total. The van der Waals surface area contributed by atoms with E-state index in [1.807, 2.05) is 0 Å². The summed E-state index contributed by atoms with van der Waals surface area (Å²) in [6.45, 7) is 0. The van der Waals surface area contributed by atoms with E-state index in [2.05, 4.69) is 0 Å². The number of hydrogen-bond donors (Lipinski definition) is 1. The van der Waals surface area contributed by atoms with Crippen molar-refractivity contribution in [3.05, 3.63) is 35.9 Å². The molecule has 20 heavy (non-hydrogen) atoms. The van der Waals surface area contributed by atoms with E-state index in [4.69, 9.17) is 19.3 Å². The minimum absolute atomic E-state index is 0.395. The van der Waals surface area contributed by atoms with E-state index >= 15 is 0 Å². The summed E-state index contributed by atoms with van der Waals surface area (Å²) in [5, 5.41) is 8.99. The molecule has 0 saturated heterocycles. The average molecular weight is 282 g/mol. The summed E-state index contributed by atoms with van der Waals surface area (Å²) in [5.41, 5.74) is -1.15. The molecule has 0 bridgehead atoms. The molecule has 0 aromatic heterocycles. The molecule has 6 heteroatoms. The number of aliphatic carboxylic acids is 1. The highest BCUT2D eigenvalue weighted by Crippen LogP contribution is 2.34. The molecule has 1 rings (SSSR count). The summed E-state index contributed by atoms with van der Waals surface area (Å²) >= 11 is 0. The standard InChI is InChI=1S/C14H18O6/c1-18-11(9-12(15)16)14(20-3,13(17)19-2)10-7-5-4-6-8-10/h4-8,11H,9H2,1-3H3,(H,15,16). The van der Waals surface area contributed by atoms with Gasteiger partial charge in [-0.15, -0.1) is 0 Å². The van der Waals surface area contributed by atoms with E-state index in [0.29, 0.717) is 5.56 Å². The van der Waals surface area contributed by atoms with Gasteiger partial charge in [-0.25, -0.2) is 4.79 Å². The second kappa shape index (κ2) is 7.02. The van der Waals surface area contributed by atoms with Crippen LogP contribution >= 0.6 is 0 Å². The summed E-state index contributed by atoms with van der Waals surface area (Å²) in [4.78, 5) is 23.2. The third kappa shape index (κ3) is 2.97. The number of benzene rings is 1. The van der Waals surface area contributed by atoms with Crippen LogP contribution in [0.1, 0.15) is 12.0 Å². The molecule has 0 fully saturated rings. The second-order valence-corrected chi connectivity index (χ2v) is 4.12. The lowest BCUT2D eigenvalue weighted by Crippen LogP contribution is -2.50. The fraction of sp³-hybridized carbons (Fsp3) is 0.429. The van der Waals surface area contributed by atoms with Crippen LogP contribution in [0, 0.1) is 0 Å². The molecular weight excluding hydrogens is 264 g/mol. The zero-order valence-electron chi connectivity index (χ0n) is 11.7. The highest BCUT2D eigenvalue weighted by Gasteiger charge is 2.50. The molecule has 2 unspecified atom stereocenters. The summed E-state index contributed by atoms with van der Waals surface area (Å²) in [6.07, 6.45) is -1.41. The quantitative estimate of drug-likeness (QED) is 0.756. The van der Waals surface area contributed by atoms with Gasteiger partial charge in [0, 0.05) is 14.2 Å². The van der Waals surface area contributed by atoms with Crippen LogP contribution in [-0.4, -0.2) is 44.5 Å². The van der Waals surface area contributed by atoms with E-state index in [9.17, 15) is 9.59 Å². The summed E-state index contributed by atoms with van der Waals surface area (Å²) < 4.78 is 15.3. The lowest BCUT2D eigenvalue weighted by Gasteiger charge is -2.35. The second-order valence-electron chi connectivity index (χ2n) is 4.12. The van der Waals surface area contributed by atoms with Crippen molar-refractivity contribution < 1.29 is 28.9 Å². The Labute approximate surface area is 117 Å². The van der Waals surface area contributed by atoms with Gasteiger partial charge >= 0.3 is 11.9 Å². The topological polar surface area (TPSA) is 82.1 Å². The van der Waals surface area contributed by atoms with Crippen LogP contribution in [0.2, 0.25) is 0 Å². The van der Waals surface area contributed by atoms with Crippen molar-refractivity contribution in [1.82, 2.24) is 0 Å². The summed E-state index contributed by atoms with van der Waals surface area (Å²) in [7, 11) is 3.86. The van der Waals surface area contributed by atoms with Crippen LogP contribution in [0.15, 0.2) is 30.3 Å². The first kappa shape index (κ1) is 16.1. The molecule has 1 aromatic carbocycles. The van der Waals surface area contributed by atoms with Crippen LogP contribution in [0.25, 0.3) is 0 Å². The fourth-order valence-electron chi connectivity index (χ4n) is 2.16. The summed E-state index contributed by atoms with van der Waals surface area (Å²) in [5.74, 6) is -1.81. The van der Waals surface area contributed by atoms with Gasteiger partial charge in [-0.1, -0.05) is 30.3 Å². The highest BCUT2D eigenvalue weighted by molar-refractivity contribution is 5.83. The van der Waals surface area contributed by atoms with Gasteiger partial charge in [0.15, 0.2) is 0 Å². The Kier molecular flexibility index (Phi) is 5.66. The minimum atomic E-state index is -1.62. The fourth-order valence-corrected chi connectivity index (χ4v) is 2.16. The first-order valence-electron chi connectivity index (χ1n) is 5.96. The predicted octanol–water partition coefficient (Wildman–Crippen LogP) is 1.19. The first-order chi connectivity index (χ1) is 9.52. The van der Waals surface area contributed by atoms with Crippen molar-refractivity contribution in [2.24, 2.45) is 0 Å². The summed E-state index contributed by atoms with van der Waals surface area (Å²) in [6, 6.07) is 8.54. The molecule has 0 aliphatic carbocycles. The zero-order valence-corrected chi connectivity index (χ0v) is 11.7. The average Bonchev–Trinajstić information content (AvgIpc) is 2.47. The molecule has 0 amide bonds. The SMILES string of the molecule is COC(=O)C(OC)(c1ccccc1)C(CC(=O)O)OC. The molecule has 1 N–H and O–H groups in total. The Bertz CT molecular complexity index is 458. The maximum atomic E-state index is 12.2. The molecule has 0 aliphatic heterocycles. The first-order valence-corrected chi connectivity index (χ1v) is 5.96. The lowest BCUT2D eigenvalue weighted by atomic mass is 9.86. The minimum Gasteiger partial charge on any atom is -0.481 e. The number of hydrogen-bond acceptors (Lipinski definition) is 5. The smallest absolute Gasteiger partial charge is 0.345 e. The van der Waals surface area contributed by atoms with E-state index in [1.54, 1.807) is 30.3 Å². The zero-order chi connectivity index (χ0) is 15.2. The van der Waals surface area contributed by atoms with E-state index in [-0.39, 0.29) is 0 Å². The molecule has 110 valence electrons. The monoisotopic (exact) mass is 282 g/mol. The predicted molar refractivity (Wildman–Crippen MR) is 70.2 cm³/mol. The van der Waals surface area contributed by atoms with Gasteiger partial charge in [0.05, 0.1) is 13.5 Å². The van der Waals surface area contributed by atoms with Crippen molar-refractivity contribution in [2.45, 2.75) is 18.1 Å². The third-order valence-electron chi connectivity index (χ3n) is 3.11. The number of rotatable bonds is 7. The van der Waals surface area contributed by atoms with Gasteiger partial charge < -0.3 is 19.3 Å². The van der Waals surface area contributed by atoms with Gasteiger partial charge in [-0.2, -0.15) is 0 Å². The van der Waals surface area contributed by atoms with E-state index in [1.165, 1.54) is 21.3 Å². The maximum absolute atomic E-state index is 12.2. The van der Waals surface area contributed by atoms with E-state index in [0.717, 1.165) is 0 Å². The highest BCUT2D eigenvalue weighted by atomic mass is 16.6. The van der Waals surface area contributed by atoms with Gasteiger partial charge in [-0.3, -0.25) is 4.79 Å². The number of ether oxygens (including phenoxy) is 3. The Morgan fingerprint density at radius 1 is 1.20 bits per heavy atom. The van der Waals surface area contributed by atoms with Crippen LogP contribution < -0.4 is 0 Å². The maximum Gasteiger partial charge on any atom is 0.345 e. The van der Waals surface area contributed by atoms with Crippen molar-refractivity contribution >= 4 is 11.9 Å². The molecule has 0 radical (unpaired) electrons. The third-order valence-corrected chi connectivity index (χ3v) is 3.11. The number of carbonyl (C=O) groups excluding carboxylic acids is 1. The molecule has 0 saturated carbocycles.